The first-order valence-electron chi connectivity index (χ1n) is 7.16. The van der Waals surface area contributed by atoms with Crippen LogP contribution in [0.25, 0.3) is 0 Å². The number of aliphatic carboxylic acids is 1. The van der Waals surface area contributed by atoms with Gasteiger partial charge in [0.25, 0.3) is 0 Å². The fraction of sp³-hybridized carbons (Fsp3) is 0.857. The number of carbonyl (C=O) groups is 2. The van der Waals surface area contributed by atoms with Crippen molar-refractivity contribution in [1.29, 1.82) is 0 Å². The zero-order valence-corrected chi connectivity index (χ0v) is 11.5. The van der Waals surface area contributed by atoms with E-state index in [9.17, 15) is 9.59 Å². The number of rotatable bonds is 3. The molecule has 1 amide bonds. The fourth-order valence-corrected chi connectivity index (χ4v) is 3.18. The molecule has 2 fully saturated rings. The Morgan fingerprint density at radius 2 is 1.74 bits per heavy atom. The second-order valence-corrected chi connectivity index (χ2v) is 5.67. The number of carboxylic acids is 1. The summed E-state index contributed by atoms with van der Waals surface area (Å²) in [5, 5.41) is 8.97. The topological polar surface area (TPSA) is 66.8 Å². The van der Waals surface area contributed by atoms with Gasteiger partial charge in [0.05, 0.1) is 12.0 Å². The number of amides is 1. The molecule has 2 aliphatic rings. The highest BCUT2D eigenvalue weighted by Gasteiger charge is 2.33. The maximum Gasteiger partial charge on any atom is 0.306 e. The van der Waals surface area contributed by atoms with E-state index in [4.69, 9.17) is 9.84 Å². The van der Waals surface area contributed by atoms with Gasteiger partial charge in [0, 0.05) is 26.1 Å². The lowest BCUT2D eigenvalue weighted by atomic mass is 9.81. The highest BCUT2D eigenvalue weighted by atomic mass is 16.5. The van der Waals surface area contributed by atoms with Gasteiger partial charge in [0.1, 0.15) is 0 Å². The summed E-state index contributed by atoms with van der Waals surface area (Å²) in [6, 6.07) is 0. The van der Waals surface area contributed by atoms with Crippen molar-refractivity contribution in [3.05, 3.63) is 0 Å². The van der Waals surface area contributed by atoms with Crippen molar-refractivity contribution in [2.45, 2.75) is 44.6 Å². The highest BCUT2D eigenvalue weighted by Crippen LogP contribution is 2.31. The van der Waals surface area contributed by atoms with Crippen LogP contribution in [0, 0.1) is 11.8 Å². The molecule has 1 unspecified atom stereocenters. The molecule has 1 saturated carbocycles. The summed E-state index contributed by atoms with van der Waals surface area (Å²) >= 11 is 0. The summed E-state index contributed by atoms with van der Waals surface area (Å²) in [5.74, 6) is -0.753. The largest absolute Gasteiger partial charge is 0.481 e. The number of hydrogen-bond donors (Lipinski definition) is 1. The standard InChI is InChI=1S/C14H23NO4/c1-19-12-3-2-8-15(9-12)13(16)10-4-6-11(7-5-10)14(17)18/h10-12H,2-9H2,1H3,(H,17,18). The Bertz CT molecular complexity index is 336. The van der Waals surface area contributed by atoms with E-state index in [-0.39, 0.29) is 23.8 Å². The van der Waals surface area contributed by atoms with Gasteiger partial charge < -0.3 is 14.7 Å². The summed E-state index contributed by atoms with van der Waals surface area (Å²) in [6.45, 7) is 1.51. The van der Waals surface area contributed by atoms with Crippen molar-refractivity contribution in [1.82, 2.24) is 4.90 Å². The minimum absolute atomic E-state index is 0.0196. The number of piperidine rings is 1. The zero-order valence-electron chi connectivity index (χ0n) is 11.5. The van der Waals surface area contributed by atoms with Crippen molar-refractivity contribution in [2.75, 3.05) is 20.2 Å². The van der Waals surface area contributed by atoms with Crippen LogP contribution in [0.3, 0.4) is 0 Å². The van der Waals surface area contributed by atoms with Crippen molar-refractivity contribution in [3.8, 4) is 0 Å². The van der Waals surface area contributed by atoms with Gasteiger partial charge in [0.2, 0.25) is 5.91 Å². The van der Waals surface area contributed by atoms with Crippen molar-refractivity contribution < 1.29 is 19.4 Å². The molecule has 1 atom stereocenters. The third kappa shape index (κ3) is 3.47. The molecule has 1 aliphatic heterocycles. The Hall–Kier alpha value is -1.10. The van der Waals surface area contributed by atoms with Crippen LogP contribution in [0.2, 0.25) is 0 Å². The SMILES string of the molecule is COC1CCCN(C(=O)C2CCC(C(=O)O)CC2)C1. The smallest absolute Gasteiger partial charge is 0.306 e. The third-order valence-electron chi connectivity index (χ3n) is 4.45. The molecule has 0 bridgehead atoms. The Morgan fingerprint density at radius 1 is 1.11 bits per heavy atom. The van der Waals surface area contributed by atoms with Gasteiger partial charge in [-0.1, -0.05) is 0 Å². The molecule has 1 N–H and O–H groups in total. The maximum absolute atomic E-state index is 12.4. The summed E-state index contributed by atoms with van der Waals surface area (Å²) < 4.78 is 5.34. The van der Waals surface area contributed by atoms with Crippen molar-refractivity contribution >= 4 is 11.9 Å². The molecule has 5 heteroatoms. The van der Waals surface area contributed by atoms with E-state index in [0.29, 0.717) is 32.2 Å². The summed E-state index contributed by atoms with van der Waals surface area (Å²) in [4.78, 5) is 25.2. The van der Waals surface area contributed by atoms with E-state index in [2.05, 4.69) is 0 Å². The van der Waals surface area contributed by atoms with E-state index in [1.54, 1.807) is 7.11 Å². The first kappa shape index (κ1) is 14.3. The van der Waals surface area contributed by atoms with Crippen LogP contribution in [-0.2, 0) is 14.3 Å². The highest BCUT2D eigenvalue weighted by molar-refractivity contribution is 5.79. The molecule has 0 aromatic rings. The Morgan fingerprint density at radius 3 is 2.32 bits per heavy atom. The average Bonchev–Trinajstić information content (AvgIpc) is 2.46. The van der Waals surface area contributed by atoms with E-state index in [1.165, 1.54) is 0 Å². The molecule has 19 heavy (non-hydrogen) atoms. The number of ether oxygens (including phenoxy) is 1. The first-order valence-corrected chi connectivity index (χ1v) is 7.16. The molecule has 108 valence electrons. The minimum atomic E-state index is -0.719. The maximum atomic E-state index is 12.4. The lowest BCUT2D eigenvalue weighted by Gasteiger charge is -2.36. The van der Waals surface area contributed by atoms with Gasteiger partial charge in [-0.3, -0.25) is 9.59 Å². The second-order valence-electron chi connectivity index (χ2n) is 5.67. The van der Waals surface area contributed by atoms with Crippen LogP contribution in [0.4, 0.5) is 0 Å². The van der Waals surface area contributed by atoms with Crippen LogP contribution < -0.4 is 0 Å². The number of hydrogen-bond acceptors (Lipinski definition) is 3. The summed E-state index contributed by atoms with van der Waals surface area (Å²) in [7, 11) is 1.69. The number of methoxy groups -OCH3 is 1. The van der Waals surface area contributed by atoms with Gasteiger partial charge in [-0.25, -0.2) is 0 Å². The monoisotopic (exact) mass is 269 g/mol. The molecule has 0 spiro atoms. The molecule has 0 radical (unpaired) electrons. The van der Waals surface area contributed by atoms with E-state index >= 15 is 0 Å². The third-order valence-corrected chi connectivity index (χ3v) is 4.45. The van der Waals surface area contributed by atoms with Crippen molar-refractivity contribution in [2.24, 2.45) is 11.8 Å². The number of likely N-dealkylation sites (tertiary alicyclic amines) is 1. The molecule has 0 aromatic carbocycles. The number of carbonyl (C=O) groups excluding carboxylic acids is 1. The molecule has 5 nitrogen and oxygen atoms in total. The molecule has 0 aromatic heterocycles. The lowest BCUT2D eigenvalue weighted by Crippen LogP contribution is -2.46. The molecule has 1 aliphatic carbocycles. The van der Waals surface area contributed by atoms with Crippen molar-refractivity contribution in [3.63, 3.8) is 0 Å². The van der Waals surface area contributed by atoms with E-state index in [1.807, 2.05) is 4.90 Å². The zero-order chi connectivity index (χ0) is 13.8. The lowest BCUT2D eigenvalue weighted by molar-refractivity contribution is -0.146. The Balaban J connectivity index is 1.85. The summed E-state index contributed by atoms with van der Waals surface area (Å²) in [6.07, 6.45) is 4.86. The van der Waals surface area contributed by atoms with Crippen LogP contribution in [0.5, 0.6) is 0 Å². The first-order chi connectivity index (χ1) is 9.11. The van der Waals surface area contributed by atoms with Gasteiger partial charge >= 0.3 is 5.97 Å². The van der Waals surface area contributed by atoms with E-state index < -0.39 is 5.97 Å². The Kier molecular flexibility index (Phi) is 4.80. The van der Waals surface area contributed by atoms with Crippen LogP contribution in [-0.4, -0.2) is 48.2 Å². The fourth-order valence-electron chi connectivity index (χ4n) is 3.18. The second kappa shape index (κ2) is 6.37. The Labute approximate surface area is 113 Å². The van der Waals surface area contributed by atoms with Crippen LogP contribution in [0.1, 0.15) is 38.5 Å². The van der Waals surface area contributed by atoms with E-state index in [0.717, 1.165) is 19.4 Å². The van der Waals surface area contributed by atoms with Gasteiger partial charge in [-0.05, 0) is 38.5 Å². The predicted molar refractivity (Wildman–Crippen MR) is 69.7 cm³/mol. The van der Waals surface area contributed by atoms with Gasteiger partial charge in [-0.2, -0.15) is 0 Å². The van der Waals surface area contributed by atoms with Gasteiger partial charge in [0.15, 0.2) is 0 Å². The summed E-state index contributed by atoms with van der Waals surface area (Å²) in [5.41, 5.74) is 0. The number of carboxylic acid groups (broad SMARTS) is 1. The molecule has 1 heterocycles. The number of nitrogens with zero attached hydrogens (tertiary/aromatic N) is 1. The molecular weight excluding hydrogens is 246 g/mol. The predicted octanol–water partition coefficient (Wildman–Crippen LogP) is 1.51. The quantitative estimate of drug-likeness (QED) is 0.843. The normalized spacial score (nSPS) is 32.1. The average molecular weight is 269 g/mol. The molecule has 1 saturated heterocycles. The van der Waals surface area contributed by atoms with Gasteiger partial charge in [-0.15, -0.1) is 0 Å². The minimum Gasteiger partial charge on any atom is -0.481 e. The van der Waals surface area contributed by atoms with Crippen LogP contribution >= 0.6 is 0 Å². The molecular formula is C14H23NO4. The molecule has 2 rings (SSSR count). The van der Waals surface area contributed by atoms with Crippen LogP contribution in [0.15, 0.2) is 0 Å².